The molecule has 1 aromatic carbocycles. The molecular formula is C18H29NO. The quantitative estimate of drug-likeness (QED) is 0.871. The highest BCUT2D eigenvalue weighted by molar-refractivity contribution is 5.32. The van der Waals surface area contributed by atoms with Gasteiger partial charge in [0.1, 0.15) is 0 Å². The van der Waals surface area contributed by atoms with Crippen molar-refractivity contribution >= 4 is 0 Å². The summed E-state index contributed by atoms with van der Waals surface area (Å²) in [5.41, 5.74) is 4.04. The van der Waals surface area contributed by atoms with Crippen LogP contribution in [-0.2, 0) is 4.74 Å². The van der Waals surface area contributed by atoms with Crippen molar-refractivity contribution < 1.29 is 4.74 Å². The Kier molecular flexibility index (Phi) is 5.62. The van der Waals surface area contributed by atoms with Gasteiger partial charge in [-0.25, -0.2) is 0 Å². The van der Waals surface area contributed by atoms with Crippen molar-refractivity contribution in [3.63, 3.8) is 0 Å². The topological polar surface area (TPSA) is 21.3 Å². The van der Waals surface area contributed by atoms with Crippen molar-refractivity contribution in [1.82, 2.24) is 5.32 Å². The van der Waals surface area contributed by atoms with Gasteiger partial charge in [-0.1, -0.05) is 43.5 Å². The van der Waals surface area contributed by atoms with Crippen molar-refractivity contribution in [2.45, 2.75) is 58.6 Å². The zero-order chi connectivity index (χ0) is 14.5. The summed E-state index contributed by atoms with van der Waals surface area (Å²) in [7, 11) is 2.02. The normalized spacial score (nSPS) is 24.6. The fraction of sp³-hybridized carbons (Fsp3) is 0.667. The van der Waals surface area contributed by atoms with E-state index in [-0.39, 0.29) is 0 Å². The molecule has 1 fully saturated rings. The van der Waals surface area contributed by atoms with Crippen molar-refractivity contribution in [2.75, 3.05) is 13.7 Å². The van der Waals surface area contributed by atoms with Crippen molar-refractivity contribution in [3.05, 3.63) is 34.9 Å². The molecule has 0 radical (unpaired) electrons. The Bertz CT molecular complexity index is 429. The number of rotatable bonds is 5. The maximum Gasteiger partial charge on any atom is 0.0665 e. The van der Waals surface area contributed by atoms with E-state index in [2.05, 4.69) is 44.3 Å². The maximum absolute atomic E-state index is 6.18. The van der Waals surface area contributed by atoms with Gasteiger partial charge in [0.15, 0.2) is 0 Å². The van der Waals surface area contributed by atoms with Crippen molar-refractivity contribution in [3.8, 4) is 0 Å². The predicted molar refractivity (Wildman–Crippen MR) is 85.1 cm³/mol. The maximum atomic E-state index is 6.18. The third-order valence-corrected chi connectivity index (χ3v) is 4.54. The van der Waals surface area contributed by atoms with E-state index in [1.165, 1.54) is 42.4 Å². The molecule has 112 valence electrons. The smallest absolute Gasteiger partial charge is 0.0665 e. The van der Waals surface area contributed by atoms with Gasteiger partial charge in [0.25, 0.3) is 0 Å². The van der Waals surface area contributed by atoms with E-state index in [4.69, 9.17) is 4.74 Å². The zero-order valence-corrected chi connectivity index (χ0v) is 13.4. The zero-order valence-electron chi connectivity index (χ0n) is 13.4. The molecule has 1 aliphatic rings. The molecule has 0 spiro atoms. The van der Waals surface area contributed by atoms with Gasteiger partial charge < -0.3 is 10.1 Å². The highest BCUT2D eigenvalue weighted by Crippen LogP contribution is 2.27. The molecule has 20 heavy (non-hydrogen) atoms. The summed E-state index contributed by atoms with van der Waals surface area (Å²) in [5, 5.41) is 3.40. The molecule has 1 saturated carbocycles. The molecule has 0 aliphatic heterocycles. The van der Waals surface area contributed by atoms with E-state index in [9.17, 15) is 0 Å². The number of hydrogen-bond acceptors (Lipinski definition) is 2. The molecule has 0 saturated heterocycles. The van der Waals surface area contributed by atoms with Gasteiger partial charge in [-0.15, -0.1) is 0 Å². The third kappa shape index (κ3) is 4.07. The summed E-state index contributed by atoms with van der Waals surface area (Å²) in [6.07, 6.45) is 5.60. The second-order valence-electron chi connectivity index (χ2n) is 6.43. The number of hydrogen-bond donors (Lipinski definition) is 1. The van der Waals surface area contributed by atoms with Crippen LogP contribution < -0.4 is 5.32 Å². The van der Waals surface area contributed by atoms with Crippen molar-refractivity contribution in [2.24, 2.45) is 5.92 Å². The lowest BCUT2D eigenvalue weighted by molar-refractivity contribution is 0.00480. The lowest BCUT2D eigenvalue weighted by Crippen LogP contribution is -2.28. The number of likely N-dealkylation sites (N-methyl/N-ethyl adjacent to an activating group) is 1. The first-order chi connectivity index (χ1) is 9.60. The Morgan fingerprint density at radius 3 is 2.75 bits per heavy atom. The average Bonchev–Trinajstić information content (AvgIpc) is 2.41. The van der Waals surface area contributed by atoms with Crippen LogP contribution in [0.4, 0.5) is 0 Å². The Morgan fingerprint density at radius 2 is 2.10 bits per heavy atom. The van der Waals surface area contributed by atoms with Gasteiger partial charge in [0, 0.05) is 0 Å². The molecule has 2 rings (SSSR count). The minimum absolute atomic E-state index is 0.299. The molecule has 0 heterocycles. The standard InChI is InChI=1S/C18H29NO/c1-13-6-5-7-16(11-13)20-12-18(19-4)17-9-8-14(2)10-15(17)3/h8-10,13,16,18-19H,5-7,11-12H2,1-4H3. The predicted octanol–water partition coefficient (Wildman–Crippen LogP) is 4.16. The van der Waals surface area contributed by atoms with Crippen LogP contribution in [0.1, 0.15) is 55.3 Å². The van der Waals surface area contributed by atoms with Crippen LogP contribution in [0.5, 0.6) is 0 Å². The lowest BCUT2D eigenvalue weighted by atomic mass is 9.88. The molecule has 2 nitrogen and oxygen atoms in total. The molecule has 0 bridgehead atoms. The first kappa shape index (κ1) is 15.5. The van der Waals surface area contributed by atoms with Crippen LogP contribution in [0.25, 0.3) is 0 Å². The Morgan fingerprint density at radius 1 is 1.30 bits per heavy atom. The molecular weight excluding hydrogens is 246 g/mol. The van der Waals surface area contributed by atoms with Crippen LogP contribution >= 0.6 is 0 Å². The molecule has 3 unspecified atom stereocenters. The average molecular weight is 275 g/mol. The van der Waals surface area contributed by atoms with Crippen molar-refractivity contribution in [1.29, 1.82) is 0 Å². The fourth-order valence-corrected chi connectivity index (χ4v) is 3.31. The number of ether oxygens (including phenoxy) is 1. The summed E-state index contributed by atoms with van der Waals surface area (Å²) in [4.78, 5) is 0. The monoisotopic (exact) mass is 275 g/mol. The van der Waals surface area contributed by atoms with Crippen LogP contribution in [-0.4, -0.2) is 19.8 Å². The van der Waals surface area contributed by atoms with Crippen LogP contribution in [0.15, 0.2) is 18.2 Å². The van der Waals surface area contributed by atoms with Gasteiger partial charge in [0.05, 0.1) is 18.8 Å². The number of nitrogens with one attached hydrogen (secondary N) is 1. The molecule has 3 atom stereocenters. The summed E-state index contributed by atoms with van der Waals surface area (Å²) in [6.45, 7) is 7.45. The van der Waals surface area contributed by atoms with E-state index >= 15 is 0 Å². The highest BCUT2D eigenvalue weighted by Gasteiger charge is 2.21. The lowest BCUT2D eigenvalue weighted by Gasteiger charge is -2.29. The SMILES string of the molecule is CNC(COC1CCCC(C)C1)c1ccc(C)cc1C. The van der Waals surface area contributed by atoms with E-state index in [0.717, 1.165) is 12.5 Å². The van der Waals surface area contributed by atoms with Crippen LogP contribution in [0, 0.1) is 19.8 Å². The fourth-order valence-electron chi connectivity index (χ4n) is 3.31. The van der Waals surface area contributed by atoms with E-state index in [1.807, 2.05) is 7.05 Å². The molecule has 0 amide bonds. The van der Waals surface area contributed by atoms with Crippen LogP contribution in [0.3, 0.4) is 0 Å². The van der Waals surface area contributed by atoms with Gasteiger partial charge in [0.2, 0.25) is 0 Å². The molecule has 1 N–H and O–H groups in total. The summed E-state index contributed by atoms with van der Waals surface area (Å²) in [6, 6.07) is 6.98. The van der Waals surface area contributed by atoms with Crippen LogP contribution in [0.2, 0.25) is 0 Å². The molecule has 1 aromatic rings. The van der Waals surface area contributed by atoms with Gasteiger partial charge in [-0.2, -0.15) is 0 Å². The van der Waals surface area contributed by atoms with Gasteiger partial charge >= 0.3 is 0 Å². The third-order valence-electron chi connectivity index (χ3n) is 4.54. The van der Waals surface area contributed by atoms with E-state index < -0.39 is 0 Å². The van der Waals surface area contributed by atoms with E-state index in [0.29, 0.717) is 12.1 Å². The second kappa shape index (κ2) is 7.24. The number of aryl methyl sites for hydroxylation is 2. The van der Waals surface area contributed by atoms with E-state index in [1.54, 1.807) is 0 Å². The summed E-state index contributed by atoms with van der Waals surface area (Å²) in [5.74, 6) is 0.822. The Hall–Kier alpha value is -0.860. The highest BCUT2D eigenvalue weighted by atomic mass is 16.5. The Labute approximate surface area is 123 Å². The first-order valence-electron chi connectivity index (χ1n) is 7.96. The second-order valence-corrected chi connectivity index (χ2v) is 6.43. The Balaban J connectivity index is 1.94. The minimum atomic E-state index is 0.299. The largest absolute Gasteiger partial charge is 0.376 e. The summed E-state index contributed by atoms with van der Waals surface area (Å²) >= 11 is 0. The summed E-state index contributed by atoms with van der Waals surface area (Å²) < 4.78 is 6.18. The molecule has 2 heteroatoms. The first-order valence-corrected chi connectivity index (χ1v) is 7.96. The van der Waals surface area contributed by atoms with Gasteiger partial charge in [-0.05, 0) is 50.8 Å². The minimum Gasteiger partial charge on any atom is -0.376 e. The molecule has 1 aliphatic carbocycles. The van der Waals surface area contributed by atoms with Gasteiger partial charge in [-0.3, -0.25) is 0 Å². The molecule has 0 aromatic heterocycles. The number of benzene rings is 1.